The molecular weight excluding hydrogens is 273 g/mol. The highest BCUT2D eigenvalue weighted by Crippen LogP contribution is 2.37. The molecule has 3 unspecified atom stereocenters. The van der Waals surface area contributed by atoms with Crippen LogP contribution < -0.4 is 5.32 Å². The molecule has 1 aromatic heterocycles. The first-order valence-corrected chi connectivity index (χ1v) is 6.37. The van der Waals surface area contributed by atoms with Gasteiger partial charge in [0.2, 0.25) is 6.41 Å². The van der Waals surface area contributed by atoms with Gasteiger partial charge in [-0.05, 0) is 19.3 Å². The number of halogens is 3. The van der Waals surface area contributed by atoms with Gasteiger partial charge in [0.25, 0.3) is 0 Å². The first-order valence-electron chi connectivity index (χ1n) is 6.37. The first kappa shape index (κ1) is 13.1. The Morgan fingerprint density at radius 3 is 2.65 bits per heavy atom. The molecule has 3 rings (SSSR count). The van der Waals surface area contributed by atoms with Crippen molar-refractivity contribution in [2.45, 2.75) is 43.6 Å². The number of nitrogens with one attached hydrogen (secondary N) is 1. The second-order valence-corrected chi connectivity index (χ2v) is 5.12. The number of fused-ring (bicyclic) bond motifs is 2. The molecule has 1 N–H and O–H groups in total. The fourth-order valence-electron chi connectivity index (χ4n) is 3.09. The molecular formula is C12H13F3N4O. The van der Waals surface area contributed by atoms with E-state index in [0.717, 1.165) is 31.9 Å². The predicted octanol–water partition coefficient (Wildman–Crippen LogP) is 1.67. The lowest BCUT2D eigenvalue weighted by Gasteiger charge is -2.22. The van der Waals surface area contributed by atoms with Gasteiger partial charge < -0.3 is 10.2 Å². The molecule has 0 radical (unpaired) electrons. The zero-order valence-corrected chi connectivity index (χ0v) is 10.5. The van der Waals surface area contributed by atoms with E-state index in [2.05, 4.69) is 15.3 Å². The van der Waals surface area contributed by atoms with Crippen LogP contribution in [0.5, 0.6) is 0 Å². The largest absolute Gasteiger partial charge is 0.434 e. The van der Waals surface area contributed by atoms with Crippen molar-refractivity contribution in [1.82, 2.24) is 14.9 Å². The summed E-state index contributed by atoms with van der Waals surface area (Å²) in [5, 5.41) is 3.07. The summed E-state index contributed by atoms with van der Waals surface area (Å²) >= 11 is 0. The molecule has 2 aliphatic heterocycles. The Morgan fingerprint density at radius 1 is 1.30 bits per heavy atom. The zero-order valence-electron chi connectivity index (χ0n) is 10.5. The van der Waals surface area contributed by atoms with E-state index >= 15 is 0 Å². The van der Waals surface area contributed by atoms with Crippen LogP contribution in [0.3, 0.4) is 0 Å². The monoisotopic (exact) mass is 286 g/mol. The SMILES string of the molecule is O=CN1C2CCC1C(Nc1cnc(C(F)(F)F)cn1)C2. The third-order valence-electron chi connectivity index (χ3n) is 3.99. The third-order valence-corrected chi connectivity index (χ3v) is 3.99. The van der Waals surface area contributed by atoms with Crippen molar-refractivity contribution in [3.63, 3.8) is 0 Å². The average molecular weight is 286 g/mol. The van der Waals surface area contributed by atoms with Crippen LogP contribution in [0.2, 0.25) is 0 Å². The second kappa shape index (κ2) is 4.60. The molecule has 0 aromatic carbocycles. The van der Waals surface area contributed by atoms with Crippen LogP contribution in [0.25, 0.3) is 0 Å². The van der Waals surface area contributed by atoms with Crippen molar-refractivity contribution in [1.29, 1.82) is 0 Å². The van der Waals surface area contributed by atoms with E-state index in [1.165, 1.54) is 0 Å². The minimum Gasteiger partial charge on any atom is -0.364 e. The standard InChI is InChI=1S/C12H13F3N4O/c13-12(14,15)10-4-17-11(5-16-10)18-8-3-7-1-2-9(8)19(7)6-20/h4-9H,1-3H2,(H,17,18). The topological polar surface area (TPSA) is 58.1 Å². The molecule has 108 valence electrons. The lowest BCUT2D eigenvalue weighted by molar-refractivity contribution is -0.141. The quantitative estimate of drug-likeness (QED) is 0.859. The van der Waals surface area contributed by atoms with Gasteiger partial charge in [0.1, 0.15) is 5.82 Å². The van der Waals surface area contributed by atoms with Gasteiger partial charge >= 0.3 is 6.18 Å². The summed E-state index contributed by atoms with van der Waals surface area (Å²) in [5.41, 5.74) is -1.01. The second-order valence-electron chi connectivity index (χ2n) is 5.12. The summed E-state index contributed by atoms with van der Waals surface area (Å²) in [6.45, 7) is 0. The third kappa shape index (κ3) is 2.19. The fourth-order valence-corrected chi connectivity index (χ4v) is 3.09. The van der Waals surface area contributed by atoms with Gasteiger partial charge in [-0.3, -0.25) is 4.79 Å². The smallest absolute Gasteiger partial charge is 0.364 e. The van der Waals surface area contributed by atoms with E-state index < -0.39 is 11.9 Å². The van der Waals surface area contributed by atoms with Gasteiger partial charge in [0, 0.05) is 12.1 Å². The van der Waals surface area contributed by atoms with Crippen LogP contribution in [0.15, 0.2) is 12.4 Å². The number of hydrogen-bond acceptors (Lipinski definition) is 4. The van der Waals surface area contributed by atoms with Crippen LogP contribution in [-0.4, -0.2) is 39.4 Å². The summed E-state index contributed by atoms with van der Waals surface area (Å²) in [4.78, 5) is 19.9. The normalized spacial score (nSPS) is 28.8. The summed E-state index contributed by atoms with van der Waals surface area (Å²) in [7, 11) is 0. The summed E-state index contributed by atoms with van der Waals surface area (Å²) < 4.78 is 37.1. The number of nitrogens with zero attached hydrogens (tertiary/aromatic N) is 3. The summed E-state index contributed by atoms with van der Waals surface area (Å²) in [6, 6.07) is 0.365. The van der Waals surface area contributed by atoms with E-state index in [4.69, 9.17) is 0 Å². The Kier molecular flexibility index (Phi) is 3.02. The van der Waals surface area contributed by atoms with Crippen molar-refractivity contribution in [2.24, 2.45) is 0 Å². The number of hydrogen-bond donors (Lipinski definition) is 1. The highest BCUT2D eigenvalue weighted by molar-refractivity contribution is 5.52. The molecule has 0 aliphatic carbocycles. The molecule has 3 atom stereocenters. The number of carbonyl (C=O) groups excluding carboxylic acids is 1. The van der Waals surface area contributed by atoms with Gasteiger partial charge in [0.15, 0.2) is 5.69 Å². The molecule has 1 amide bonds. The maximum atomic E-state index is 12.4. The Hall–Kier alpha value is -1.86. The van der Waals surface area contributed by atoms with Gasteiger partial charge in [-0.2, -0.15) is 13.2 Å². The summed E-state index contributed by atoms with van der Waals surface area (Å²) in [6.07, 6.45) is 0.864. The van der Waals surface area contributed by atoms with Gasteiger partial charge in [-0.1, -0.05) is 0 Å². The maximum Gasteiger partial charge on any atom is 0.434 e. The summed E-state index contributed by atoms with van der Waals surface area (Å²) in [5.74, 6) is 0.307. The van der Waals surface area contributed by atoms with Gasteiger partial charge in [0.05, 0.1) is 18.4 Å². The Balaban J connectivity index is 1.69. The molecule has 8 heteroatoms. The number of rotatable bonds is 3. The Morgan fingerprint density at radius 2 is 2.10 bits per heavy atom. The van der Waals surface area contributed by atoms with Gasteiger partial charge in [-0.15, -0.1) is 0 Å². The van der Waals surface area contributed by atoms with Crippen molar-refractivity contribution >= 4 is 12.2 Å². The molecule has 0 saturated carbocycles. The minimum atomic E-state index is -4.48. The van der Waals surface area contributed by atoms with E-state index in [0.29, 0.717) is 12.0 Å². The molecule has 2 aliphatic rings. The molecule has 2 saturated heterocycles. The average Bonchev–Trinajstić information content (AvgIpc) is 2.94. The van der Waals surface area contributed by atoms with Crippen molar-refractivity contribution in [2.75, 3.05) is 5.32 Å². The van der Waals surface area contributed by atoms with Gasteiger partial charge in [-0.25, -0.2) is 9.97 Å². The van der Waals surface area contributed by atoms with Crippen molar-refractivity contribution in [3.05, 3.63) is 18.1 Å². The zero-order chi connectivity index (χ0) is 14.3. The van der Waals surface area contributed by atoms with Crippen LogP contribution in [-0.2, 0) is 11.0 Å². The van der Waals surface area contributed by atoms with Crippen LogP contribution in [0.4, 0.5) is 19.0 Å². The highest BCUT2D eigenvalue weighted by Gasteiger charge is 2.45. The lowest BCUT2D eigenvalue weighted by atomic mass is 9.95. The number of aromatic nitrogens is 2. The van der Waals surface area contributed by atoms with E-state index in [1.54, 1.807) is 4.90 Å². The van der Waals surface area contributed by atoms with Crippen LogP contribution >= 0.6 is 0 Å². The number of alkyl halides is 3. The molecule has 5 nitrogen and oxygen atoms in total. The Bertz CT molecular complexity index is 504. The molecule has 0 spiro atoms. The molecule has 1 aromatic rings. The van der Waals surface area contributed by atoms with E-state index in [9.17, 15) is 18.0 Å². The number of amides is 1. The lowest BCUT2D eigenvalue weighted by Crippen LogP contribution is -2.35. The first-order chi connectivity index (χ1) is 9.49. The Labute approximate surface area is 113 Å². The van der Waals surface area contributed by atoms with E-state index in [-0.39, 0.29) is 18.1 Å². The van der Waals surface area contributed by atoms with Crippen LogP contribution in [0, 0.1) is 0 Å². The van der Waals surface area contributed by atoms with E-state index in [1.807, 2.05) is 0 Å². The molecule has 3 heterocycles. The number of carbonyl (C=O) groups is 1. The van der Waals surface area contributed by atoms with Crippen molar-refractivity contribution in [3.8, 4) is 0 Å². The fraction of sp³-hybridized carbons (Fsp3) is 0.583. The highest BCUT2D eigenvalue weighted by atomic mass is 19.4. The molecule has 2 bridgehead atoms. The number of anilines is 1. The predicted molar refractivity (Wildman–Crippen MR) is 63.8 cm³/mol. The molecule has 2 fully saturated rings. The maximum absolute atomic E-state index is 12.4. The minimum absolute atomic E-state index is 0.0324. The van der Waals surface area contributed by atoms with Crippen molar-refractivity contribution < 1.29 is 18.0 Å². The van der Waals surface area contributed by atoms with Crippen LogP contribution in [0.1, 0.15) is 25.0 Å². The molecule has 20 heavy (non-hydrogen) atoms.